The number of hydrogen-bond donors (Lipinski definition) is 2. The summed E-state index contributed by atoms with van der Waals surface area (Å²) in [6.45, 7) is 0.337. The Kier molecular flexibility index (Phi) is 8.57. The van der Waals surface area contributed by atoms with Crippen molar-refractivity contribution in [3.63, 3.8) is 0 Å². The molecule has 0 amide bonds. The molecule has 0 bridgehead atoms. The number of ether oxygens (including phenoxy) is 1. The Labute approximate surface area is 106 Å². The molecular weight excluding hydrogens is 266 g/mol. The maximum absolute atomic E-state index is 11.5. The van der Waals surface area contributed by atoms with Crippen molar-refractivity contribution in [1.82, 2.24) is 4.72 Å². The number of methoxy groups -OCH3 is 1. The van der Waals surface area contributed by atoms with Gasteiger partial charge in [0.25, 0.3) is 0 Å². The molecule has 1 unspecified atom stereocenters. The molecule has 1 atom stereocenters. The van der Waals surface area contributed by atoms with Crippen molar-refractivity contribution in [2.45, 2.75) is 18.9 Å². The predicted octanol–water partition coefficient (Wildman–Crippen LogP) is 0.149. The van der Waals surface area contributed by atoms with Crippen molar-refractivity contribution in [3.8, 4) is 0 Å². The first kappa shape index (κ1) is 16.7. The van der Waals surface area contributed by atoms with Crippen molar-refractivity contribution in [2.75, 3.05) is 31.5 Å². The average Bonchev–Trinajstić information content (AvgIpc) is 2.24. The van der Waals surface area contributed by atoms with Crippen LogP contribution in [0.1, 0.15) is 12.8 Å². The van der Waals surface area contributed by atoms with Crippen molar-refractivity contribution < 1.29 is 23.1 Å². The quantitative estimate of drug-likeness (QED) is 0.555. The normalized spacial score (nSPS) is 13.5. The Hall–Kier alpha value is -0.310. The summed E-state index contributed by atoms with van der Waals surface area (Å²) in [7, 11) is -2.06. The van der Waals surface area contributed by atoms with E-state index in [1.807, 2.05) is 6.26 Å². The lowest BCUT2D eigenvalue weighted by molar-refractivity contribution is -0.139. The second kappa shape index (κ2) is 8.73. The Morgan fingerprint density at radius 2 is 2.18 bits per heavy atom. The number of carboxylic acids is 1. The molecule has 0 heterocycles. The van der Waals surface area contributed by atoms with Gasteiger partial charge in [0.05, 0.1) is 5.75 Å². The summed E-state index contributed by atoms with van der Waals surface area (Å²) < 4.78 is 30.0. The van der Waals surface area contributed by atoms with Gasteiger partial charge in [-0.05, 0) is 24.9 Å². The molecule has 0 saturated heterocycles. The van der Waals surface area contributed by atoms with Gasteiger partial charge >= 0.3 is 5.97 Å². The molecule has 0 aliphatic heterocycles. The van der Waals surface area contributed by atoms with Crippen molar-refractivity contribution in [3.05, 3.63) is 0 Å². The van der Waals surface area contributed by atoms with Crippen molar-refractivity contribution in [1.29, 1.82) is 0 Å². The SMILES string of the molecule is COCCCS(=O)(=O)NC(CCSC)C(=O)O. The zero-order valence-corrected chi connectivity index (χ0v) is 11.6. The van der Waals surface area contributed by atoms with Crippen LogP contribution in [-0.2, 0) is 19.6 Å². The van der Waals surface area contributed by atoms with E-state index in [9.17, 15) is 13.2 Å². The monoisotopic (exact) mass is 285 g/mol. The topological polar surface area (TPSA) is 92.7 Å². The molecular formula is C9H19NO5S2. The second-order valence-corrected chi connectivity index (χ2v) is 6.31. The first-order valence-electron chi connectivity index (χ1n) is 5.13. The summed E-state index contributed by atoms with van der Waals surface area (Å²) in [5.41, 5.74) is 0. The largest absolute Gasteiger partial charge is 0.480 e. The summed E-state index contributed by atoms with van der Waals surface area (Å²) >= 11 is 1.48. The van der Waals surface area contributed by atoms with E-state index in [2.05, 4.69) is 4.72 Å². The molecule has 0 aliphatic rings. The van der Waals surface area contributed by atoms with E-state index in [1.54, 1.807) is 0 Å². The second-order valence-electron chi connectivity index (χ2n) is 3.46. The van der Waals surface area contributed by atoms with E-state index in [0.29, 0.717) is 18.8 Å². The number of carboxylic acid groups (broad SMARTS) is 1. The first-order chi connectivity index (χ1) is 7.93. The molecule has 102 valence electrons. The highest BCUT2D eigenvalue weighted by Crippen LogP contribution is 2.03. The standard InChI is InChI=1S/C9H19NO5S2/c1-15-5-3-7-17(13,14)10-8(9(11)12)4-6-16-2/h8,10H,3-7H2,1-2H3,(H,11,12). The molecule has 2 N–H and O–H groups in total. The molecule has 0 rings (SSSR count). The highest BCUT2D eigenvalue weighted by atomic mass is 32.2. The highest BCUT2D eigenvalue weighted by molar-refractivity contribution is 7.98. The number of sulfonamides is 1. The fraction of sp³-hybridized carbons (Fsp3) is 0.889. The van der Waals surface area contributed by atoms with Crippen LogP contribution in [-0.4, -0.2) is 57.0 Å². The van der Waals surface area contributed by atoms with Crippen LogP contribution in [0.2, 0.25) is 0 Å². The Morgan fingerprint density at radius 1 is 1.53 bits per heavy atom. The Morgan fingerprint density at radius 3 is 2.65 bits per heavy atom. The third kappa shape index (κ3) is 8.42. The minimum absolute atomic E-state index is 0.121. The zero-order valence-electron chi connectivity index (χ0n) is 10.0. The average molecular weight is 285 g/mol. The van der Waals surface area contributed by atoms with E-state index in [1.165, 1.54) is 18.9 Å². The zero-order chi connectivity index (χ0) is 13.3. The van der Waals surface area contributed by atoms with Crippen LogP contribution in [0.4, 0.5) is 0 Å². The fourth-order valence-corrected chi connectivity index (χ4v) is 2.88. The van der Waals surface area contributed by atoms with Crippen LogP contribution in [0.15, 0.2) is 0 Å². The van der Waals surface area contributed by atoms with E-state index < -0.39 is 22.0 Å². The Balaban J connectivity index is 4.27. The lowest BCUT2D eigenvalue weighted by Gasteiger charge is -2.14. The first-order valence-corrected chi connectivity index (χ1v) is 8.18. The molecule has 0 radical (unpaired) electrons. The van der Waals surface area contributed by atoms with Crippen LogP contribution >= 0.6 is 11.8 Å². The van der Waals surface area contributed by atoms with Gasteiger partial charge in [0, 0.05) is 13.7 Å². The van der Waals surface area contributed by atoms with Gasteiger partial charge in [0.15, 0.2) is 0 Å². The number of carbonyl (C=O) groups is 1. The van der Waals surface area contributed by atoms with Crippen molar-refractivity contribution >= 4 is 27.8 Å². The summed E-state index contributed by atoms with van der Waals surface area (Å²) in [4.78, 5) is 10.9. The van der Waals surface area contributed by atoms with Gasteiger partial charge in [-0.3, -0.25) is 4.79 Å². The lowest BCUT2D eigenvalue weighted by Crippen LogP contribution is -2.42. The van der Waals surface area contributed by atoms with Gasteiger partial charge in [0.2, 0.25) is 10.0 Å². The smallest absolute Gasteiger partial charge is 0.321 e. The summed E-state index contributed by atoms with van der Waals surface area (Å²) in [6, 6.07) is -1.05. The van der Waals surface area contributed by atoms with Gasteiger partial charge < -0.3 is 9.84 Å². The van der Waals surface area contributed by atoms with Crippen LogP contribution in [0, 0.1) is 0 Å². The predicted molar refractivity (Wildman–Crippen MR) is 67.8 cm³/mol. The molecule has 0 fully saturated rings. The third-order valence-electron chi connectivity index (χ3n) is 1.99. The van der Waals surface area contributed by atoms with Crippen LogP contribution in [0.3, 0.4) is 0 Å². The summed E-state index contributed by atoms with van der Waals surface area (Å²) in [5.74, 6) is -0.670. The fourth-order valence-electron chi connectivity index (χ4n) is 1.14. The molecule has 6 nitrogen and oxygen atoms in total. The van der Waals surface area contributed by atoms with Crippen molar-refractivity contribution in [2.24, 2.45) is 0 Å². The maximum Gasteiger partial charge on any atom is 0.321 e. The van der Waals surface area contributed by atoms with Gasteiger partial charge in [-0.15, -0.1) is 0 Å². The molecule has 17 heavy (non-hydrogen) atoms. The van der Waals surface area contributed by atoms with Gasteiger partial charge in [-0.1, -0.05) is 0 Å². The summed E-state index contributed by atoms with van der Waals surface area (Å²) in [5, 5.41) is 8.87. The third-order valence-corrected chi connectivity index (χ3v) is 4.11. The number of rotatable bonds is 10. The number of hydrogen-bond acceptors (Lipinski definition) is 5. The van der Waals surface area contributed by atoms with Crippen LogP contribution < -0.4 is 4.72 Å². The van der Waals surface area contributed by atoms with Crippen LogP contribution in [0.5, 0.6) is 0 Å². The molecule has 0 saturated carbocycles. The lowest BCUT2D eigenvalue weighted by atomic mass is 10.2. The van der Waals surface area contributed by atoms with Gasteiger partial charge in [-0.25, -0.2) is 13.1 Å². The van der Waals surface area contributed by atoms with Gasteiger partial charge in [0.1, 0.15) is 6.04 Å². The van der Waals surface area contributed by atoms with Gasteiger partial charge in [-0.2, -0.15) is 11.8 Å². The molecule has 8 heteroatoms. The molecule has 0 aliphatic carbocycles. The number of thioether (sulfide) groups is 1. The van der Waals surface area contributed by atoms with E-state index >= 15 is 0 Å². The highest BCUT2D eigenvalue weighted by Gasteiger charge is 2.23. The molecule has 0 aromatic heterocycles. The Bertz CT molecular complexity index is 317. The number of aliphatic carboxylic acids is 1. The molecule has 0 spiro atoms. The minimum atomic E-state index is -3.55. The van der Waals surface area contributed by atoms with Crippen LogP contribution in [0.25, 0.3) is 0 Å². The minimum Gasteiger partial charge on any atom is -0.480 e. The summed E-state index contributed by atoms with van der Waals surface area (Å²) in [6.07, 6.45) is 2.46. The number of nitrogens with one attached hydrogen (secondary N) is 1. The van der Waals surface area contributed by atoms with E-state index in [-0.39, 0.29) is 12.2 Å². The molecule has 0 aromatic carbocycles. The van der Waals surface area contributed by atoms with E-state index in [4.69, 9.17) is 9.84 Å². The maximum atomic E-state index is 11.5. The molecule has 0 aromatic rings. The van der Waals surface area contributed by atoms with E-state index in [0.717, 1.165) is 0 Å².